The van der Waals surface area contributed by atoms with Gasteiger partial charge in [0, 0.05) is 10.6 Å². The SMILES string of the molecule is CC(=O)c1ccccc1OCCSc1cc(C)ccc1C. The van der Waals surface area contributed by atoms with Gasteiger partial charge in [0.2, 0.25) is 0 Å². The molecule has 2 aromatic rings. The zero-order valence-electron chi connectivity index (χ0n) is 12.7. The zero-order chi connectivity index (χ0) is 15.2. The maximum atomic E-state index is 11.5. The Balaban J connectivity index is 1.91. The molecule has 0 aliphatic heterocycles. The van der Waals surface area contributed by atoms with Gasteiger partial charge in [-0.1, -0.05) is 29.8 Å². The standard InChI is InChI=1S/C18H20O2S/c1-13-8-9-14(2)18(12-13)21-11-10-20-17-7-5-4-6-16(17)15(3)19/h4-9,12H,10-11H2,1-3H3. The molecule has 0 aliphatic rings. The third kappa shape index (κ3) is 4.36. The van der Waals surface area contributed by atoms with Gasteiger partial charge in [0.1, 0.15) is 5.75 Å². The Bertz CT molecular complexity index is 635. The van der Waals surface area contributed by atoms with Gasteiger partial charge < -0.3 is 4.74 Å². The molecule has 0 saturated heterocycles. The fourth-order valence-electron chi connectivity index (χ4n) is 2.05. The highest BCUT2D eigenvalue weighted by Crippen LogP contribution is 2.24. The molecule has 0 aliphatic carbocycles. The number of hydrogen-bond acceptors (Lipinski definition) is 3. The van der Waals surface area contributed by atoms with Gasteiger partial charge in [0.05, 0.1) is 12.2 Å². The van der Waals surface area contributed by atoms with Crippen LogP contribution in [0.25, 0.3) is 0 Å². The number of thioether (sulfide) groups is 1. The maximum absolute atomic E-state index is 11.5. The second kappa shape index (κ2) is 7.32. The summed E-state index contributed by atoms with van der Waals surface area (Å²) in [6.07, 6.45) is 0. The molecule has 0 unspecified atom stereocenters. The molecule has 0 saturated carbocycles. The van der Waals surface area contributed by atoms with Gasteiger partial charge in [-0.05, 0) is 44.5 Å². The van der Waals surface area contributed by atoms with Crippen molar-refractivity contribution in [1.29, 1.82) is 0 Å². The molecule has 0 radical (unpaired) electrons. The quantitative estimate of drug-likeness (QED) is 0.440. The third-order valence-corrected chi connectivity index (χ3v) is 4.33. The van der Waals surface area contributed by atoms with Crippen molar-refractivity contribution in [3.05, 3.63) is 59.2 Å². The number of benzene rings is 2. The van der Waals surface area contributed by atoms with Crippen LogP contribution in [0.4, 0.5) is 0 Å². The topological polar surface area (TPSA) is 26.3 Å². The first-order valence-electron chi connectivity index (χ1n) is 7.01. The Labute approximate surface area is 130 Å². The van der Waals surface area contributed by atoms with Crippen LogP contribution in [0.2, 0.25) is 0 Å². The lowest BCUT2D eigenvalue weighted by molar-refractivity contribution is 0.101. The van der Waals surface area contributed by atoms with Gasteiger partial charge in [0.25, 0.3) is 0 Å². The average Bonchev–Trinajstić information content (AvgIpc) is 2.47. The van der Waals surface area contributed by atoms with Gasteiger partial charge in [-0.2, -0.15) is 0 Å². The number of aryl methyl sites for hydroxylation is 2. The molecule has 0 atom stereocenters. The molecule has 0 bridgehead atoms. The van der Waals surface area contributed by atoms with Crippen molar-refractivity contribution in [3.63, 3.8) is 0 Å². The molecule has 0 spiro atoms. The number of ketones is 1. The largest absolute Gasteiger partial charge is 0.492 e. The summed E-state index contributed by atoms with van der Waals surface area (Å²) in [5, 5.41) is 0. The molecule has 21 heavy (non-hydrogen) atoms. The van der Waals surface area contributed by atoms with Crippen molar-refractivity contribution in [2.45, 2.75) is 25.7 Å². The Kier molecular flexibility index (Phi) is 5.45. The summed E-state index contributed by atoms with van der Waals surface area (Å²) >= 11 is 1.78. The maximum Gasteiger partial charge on any atom is 0.163 e. The predicted molar refractivity (Wildman–Crippen MR) is 88.6 cm³/mol. The van der Waals surface area contributed by atoms with E-state index in [2.05, 4.69) is 32.0 Å². The van der Waals surface area contributed by atoms with Crippen LogP contribution in [0, 0.1) is 13.8 Å². The molecule has 0 fully saturated rings. The van der Waals surface area contributed by atoms with Crippen molar-refractivity contribution >= 4 is 17.5 Å². The molecule has 2 aromatic carbocycles. The normalized spacial score (nSPS) is 10.4. The highest BCUT2D eigenvalue weighted by molar-refractivity contribution is 7.99. The number of para-hydroxylation sites is 1. The minimum Gasteiger partial charge on any atom is -0.492 e. The Morgan fingerprint density at radius 2 is 1.90 bits per heavy atom. The van der Waals surface area contributed by atoms with Crippen LogP contribution >= 0.6 is 11.8 Å². The smallest absolute Gasteiger partial charge is 0.163 e. The number of Topliss-reactive ketones (excluding diaryl/α,β-unsaturated/α-hetero) is 1. The Morgan fingerprint density at radius 1 is 1.14 bits per heavy atom. The van der Waals surface area contributed by atoms with E-state index in [0.29, 0.717) is 17.9 Å². The van der Waals surface area contributed by atoms with Crippen molar-refractivity contribution in [2.75, 3.05) is 12.4 Å². The van der Waals surface area contributed by atoms with Gasteiger partial charge in [-0.3, -0.25) is 4.79 Å². The molecule has 2 rings (SSSR count). The summed E-state index contributed by atoms with van der Waals surface area (Å²) in [6, 6.07) is 13.9. The van der Waals surface area contributed by atoms with E-state index >= 15 is 0 Å². The lowest BCUT2D eigenvalue weighted by atomic mass is 10.1. The number of hydrogen-bond donors (Lipinski definition) is 0. The van der Waals surface area contributed by atoms with E-state index in [-0.39, 0.29) is 5.78 Å². The van der Waals surface area contributed by atoms with Crippen LogP contribution in [0.3, 0.4) is 0 Å². The molecule has 0 N–H and O–H groups in total. The van der Waals surface area contributed by atoms with Gasteiger partial charge in [-0.25, -0.2) is 0 Å². The summed E-state index contributed by atoms with van der Waals surface area (Å²) < 4.78 is 5.75. The summed E-state index contributed by atoms with van der Waals surface area (Å²) in [5.41, 5.74) is 3.20. The third-order valence-electron chi connectivity index (χ3n) is 3.21. The van der Waals surface area contributed by atoms with Crippen LogP contribution in [0.5, 0.6) is 5.75 Å². The molecule has 2 nitrogen and oxygen atoms in total. The Hall–Kier alpha value is -1.74. The highest BCUT2D eigenvalue weighted by atomic mass is 32.2. The molecule has 3 heteroatoms. The minimum absolute atomic E-state index is 0.0350. The number of rotatable bonds is 6. The molecule has 0 amide bonds. The molecule has 0 heterocycles. The fraction of sp³-hybridized carbons (Fsp3) is 0.278. The van der Waals surface area contributed by atoms with E-state index in [9.17, 15) is 4.79 Å². The predicted octanol–water partition coefficient (Wildman–Crippen LogP) is 4.68. The number of carbonyl (C=O) groups is 1. The van der Waals surface area contributed by atoms with Crippen LogP contribution in [0.15, 0.2) is 47.4 Å². The lowest BCUT2D eigenvalue weighted by Gasteiger charge is -2.10. The lowest BCUT2D eigenvalue weighted by Crippen LogP contribution is -2.04. The van der Waals surface area contributed by atoms with Crippen molar-refractivity contribution in [2.24, 2.45) is 0 Å². The average molecular weight is 300 g/mol. The van der Waals surface area contributed by atoms with Crippen LogP contribution in [0.1, 0.15) is 28.4 Å². The van der Waals surface area contributed by atoms with Gasteiger partial charge in [0.15, 0.2) is 5.78 Å². The minimum atomic E-state index is 0.0350. The monoisotopic (exact) mass is 300 g/mol. The van der Waals surface area contributed by atoms with E-state index in [1.165, 1.54) is 16.0 Å². The first-order chi connectivity index (χ1) is 10.1. The first-order valence-corrected chi connectivity index (χ1v) is 7.99. The van der Waals surface area contributed by atoms with Gasteiger partial charge >= 0.3 is 0 Å². The van der Waals surface area contributed by atoms with E-state index in [1.807, 2.05) is 18.2 Å². The van der Waals surface area contributed by atoms with E-state index in [1.54, 1.807) is 24.8 Å². The summed E-state index contributed by atoms with van der Waals surface area (Å²) in [7, 11) is 0. The van der Waals surface area contributed by atoms with Crippen LogP contribution in [-0.4, -0.2) is 18.1 Å². The number of ether oxygens (including phenoxy) is 1. The summed E-state index contributed by atoms with van der Waals surface area (Å²) in [6.45, 7) is 6.37. The second-order valence-electron chi connectivity index (χ2n) is 5.02. The van der Waals surface area contributed by atoms with Crippen molar-refractivity contribution < 1.29 is 9.53 Å². The summed E-state index contributed by atoms with van der Waals surface area (Å²) in [4.78, 5) is 12.8. The number of carbonyl (C=O) groups excluding carboxylic acids is 1. The van der Waals surface area contributed by atoms with Gasteiger partial charge in [-0.15, -0.1) is 11.8 Å². The second-order valence-corrected chi connectivity index (χ2v) is 6.15. The van der Waals surface area contributed by atoms with E-state index in [0.717, 1.165) is 5.75 Å². The van der Waals surface area contributed by atoms with Crippen LogP contribution < -0.4 is 4.74 Å². The summed E-state index contributed by atoms with van der Waals surface area (Å²) in [5.74, 6) is 1.57. The highest BCUT2D eigenvalue weighted by Gasteiger charge is 2.07. The Morgan fingerprint density at radius 3 is 2.67 bits per heavy atom. The van der Waals surface area contributed by atoms with E-state index < -0.39 is 0 Å². The van der Waals surface area contributed by atoms with E-state index in [4.69, 9.17) is 4.74 Å². The van der Waals surface area contributed by atoms with Crippen molar-refractivity contribution in [1.82, 2.24) is 0 Å². The molecule has 110 valence electrons. The fourth-order valence-corrected chi connectivity index (χ4v) is 3.00. The molecule has 0 aromatic heterocycles. The van der Waals surface area contributed by atoms with Crippen molar-refractivity contribution in [3.8, 4) is 5.75 Å². The zero-order valence-corrected chi connectivity index (χ0v) is 13.5. The first kappa shape index (κ1) is 15.6. The molecular weight excluding hydrogens is 280 g/mol. The van der Waals surface area contributed by atoms with Crippen LogP contribution in [-0.2, 0) is 0 Å². The molecular formula is C18H20O2S.